The number of hydrogen-bond acceptors (Lipinski definition) is 8. The van der Waals surface area contributed by atoms with Crippen molar-refractivity contribution in [2.75, 3.05) is 31.1 Å². The minimum atomic E-state index is -5.08. The molecule has 0 aliphatic carbocycles. The summed E-state index contributed by atoms with van der Waals surface area (Å²) in [5.74, 6) is -4.06. The average molecular weight is 667 g/mol. The molecule has 1 fully saturated rings. The molecule has 17 heteroatoms. The van der Waals surface area contributed by atoms with Crippen LogP contribution in [0.2, 0.25) is 5.02 Å². The highest BCUT2D eigenvalue weighted by Gasteiger charge is 2.43. The Hall–Kier alpha value is -4.86. The SMILES string of the molecule is C=CC(=O)N1CCN2C(=O)c3c(N4Cc5cn(C)nc5[C@H]4C)nc(-c4c(O)cccc4F)c(Cl)c3OC[C@H]2C1.O=C(O)C(F)(F)F. The molecular weight excluding hydrogens is 640 g/mol. The van der Waals surface area contributed by atoms with E-state index in [0.717, 1.165) is 11.3 Å². The van der Waals surface area contributed by atoms with E-state index in [-0.39, 0.29) is 76.7 Å². The van der Waals surface area contributed by atoms with E-state index in [1.165, 1.54) is 24.3 Å². The molecule has 6 rings (SSSR count). The molecule has 244 valence electrons. The fourth-order valence-corrected chi connectivity index (χ4v) is 5.94. The van der Waals surface area contributed by atoms with Crippen LogP contribution >= 0.6 is 11.6 Å². The van der Waals surface area contributed by atoms with Gasteiger partial charge < -0.3 is 29.6 Å². The monoisotopic (exact) mass is 666 g/mol. The van der Waals surface area contributed by atoms with Crippen molar-refractivity contribution in [1.82, 2.24) is 24.6 Å². The number of aliphatic carboxylic acids is 1. The van der Waals surface area contributed by atoms with Crippen molar-refractivity contribution in [2.24, 2.45) is 7.05 Å². The number of aryl methyl sites for hydroxylation is 1. The maximum absolute atomic E-state index is 15.0. The van der Waals surface area contributed by atoms with E-state index in [2.05, 4.69) is 11.7 Å². The van der Waals surface area contributed by atoms with E-state index in [1.54, 1.807) is 14.5 Å². The van der Waals surface area contributed by atoms with Crippen LogP contribution in [0.1, 0.15) is 34.6 Å². The van der Waals surface area contributed by atoms with Crippen LogP contribution in [0.25, 0.3) is 11.3 Å². The number of aromatic hydroxyl groups is 1. The Kier molecular flexibility index (Phi) is 8.59. The van der Waals surface area contributed by atoms with E-state index >= 15 is 4.39 Å². The molecule has 0 unspecified atom stereocenters. The van der Waals surface area contributed by atoms with E-state index in [4.69, 9.17) is 31.2 Å². The number of phenolic OH excluding ortho intramolecular Hbond substituents is 1. The second-order valence-corrected chi connectivity index (χ2v) is 11.1. The van der Waals surface area contributed by atoms with Gasteiger partial charge in [-0.3, -0.25) is 14.3 Å². The number of aromatic nitrogens is 3. The number of pyridine rings is 1. The number of benzene rings is 1. The Morgan fingerprint density at radius 1 is 1.20 bits per heavy atom. The number of carbonyl (C=O) groups is 3. The average Bonchev–Trinajstić information content (AvgIpc) is 3.46. The van der Waals surface area contributed by atoms with Gasteiger partial charge in [0, 0.05) is 45.0 Å². The van der Waals surface area contributed by atoms with E-state index in [1.807, 2.05) is 25.1 Å². The summed E-state index contributed by atoms with van der Waals surface area (Å²) in [7, 11) is 1.84. The van der Waals surface area contributed by atoms with Crippen molar-refractivity contribution in [3.8, 4) is 22.8 Å². The quantitative estimate of drug-likeness (QED) is 0.314. The van der Waals surface area contributed by atoms with Crippen LogP contribution in [0.3, 0.4) is 0 Å². The number of halogens is 5. The predicted molar refractivity (Wildman–Crippen MR) is 155 cm³/mol. The van der Waals surface area contributed by atoms with Crippen LogP contribution in [0.15, 0.2) is 37.1 Å². The second-order valence-electron chi connectivity index (χ2n) is 10.7. The molecule has 3 aromatic rings. The Labute approximate surface area is 264 Å². The summed E-state index contributed by atoms with van der Waals surface area (Å²) in [6.45, 7) is 6.88. The summed E-state index contributed by atoms with van der Waals surface area (Å²) in [5, 5.41) is 22.2. The first-order valence-corrected chi connectivity index (χ1v) is 14.2. The zero-order valence-electron chi connectivity index (χ0n) is 24.4. The Bertz CT molecular complexity index is 1730. The van der Waals surface area contributed by atoms with Crippen LogP contribution < -0.4 is 9.64 Å². The first-order valence-electron chi connectivity index (χ1n) is 13.8. The zero-order chi connectivity index (χ0) is 33.7. The van der Waals surface area contributed by atoms with Gasteiger partial charge in [-0.25, -0.2) is 14.2 Å². The van der Waals surface area contributed by atoms with E-state index in [0.29, 0.717) is 13.1 Å². The van der Waals surface area contributed by atoms with Crippen LogP contribution in [-0.2, 0) is 23.2 Å². The van der Waals surface area contributed by atoms with Crippen molar-refractivity contribution >= 4 is 35.2 Å². The zero-order valence-corrected chi connectivity index (χ0v) is 25.1. The maximum Gasteiger partial charge on any atom is 0.490 e. The molecule has 0 bridgehead atoms. The van der Waals surface area contributed by atoms with Gasteiger partial charge in [-0.2, -0.15) is 18.3 Å². The number of carboxylic acids is 1. The van der Waals surface area contributed by atoms with Crippen molar-refractivity contribution in [1.29, 1.82) is 0 Å². The Morgan fingerprint density at radius 2 is 1.89 bits per heavy atom. The molecule has 3 aliphatic rings. The summed E-state index contributed by atoms with van der Waals surface area (Å²) in [6, 6.07) is 3.24. The lowest BCUT2D eigenvalue weighted by molar-refractivity contribution is -0.192. The molecule has 12 nitrogen and oxygen atoms in total. The van der Waals surface area contributed by atoms with Gasteiger partial charge in [-0.05, 0) is 25.1 Å². The van der Waals surface area contributed by atoms with Gasteiger partial charge in [-0.1, -0.05) is 24.2 Å². The number of piperazine rings is 1. The third kappa shape index (κ3) is 5.79. The molecule has 46 heavy (non-hydrogen) atoms. The molecule has 2 N–H and O–H groups in total. The van der Waals surface area contributed by atoms with Crippen LogP contribution in [0, 0.1) is 5.82 Å². The number of ether oxygens (including phenoxy) is 1. The van der Waals surface area contributed by atoms with Crippen molar-refractivity contribution in [3.05, 3.63) is 64.7 Å². The smallest absolute Gasteiger partial charge is 0.490 e. The van der Waals surface area contributed by atoms with Crippen LogP contribution in [0.5, 0.6) is 11.5 Å². The van der Waals surface area contributed by atoms with Crippen molar-refractivity contribution in [2.45, 2.75) is 31.7 Å². The van der Waals surface area contributed by atoms with E-state index in [9.17, 15) is 27.9 Å². The summed E-state index contributed by atoms with van der Waals surface area (Å²) in [5.41, 5.74) is 1.76. The number of hydrogen-bond donors (Lipinski definition) is 2. The molecule has 0 radical (unpaired) electrons. The molecule has 2 atom stereocenters. The number of rotatable bonds is 3. The number of nitrogens with zero attached hydrogens (tertiary/aromatic N) is 6. The van der Waals surface area contributed by atoms with Crippen LogP contribution in [0.4, 0.5) is 23.4 Å². The maximum atomic E-state index is 15.0. The van der Waals surface area contributed by atoms with Crippen molar-refractivity contribution < 1.29 is 46.9 Å². The highest BCUT2D eigenvalue weighted by atomic mass is 35.5. The Morgan fingerprint density at radius 3 is 2.50 bits per heavy atom. The molecule has 1 saturated heterocycles. The normalized spacial score (nSPS) is 18.8. The number of carbonyl (C=O) groups excluding carboxylic acids is 2. The van der Waals surface area contributed by atoms with Crippen molar-refractivity contribution in [3.63, 3.8) is 0 Å². The van der Waals surface area contributed by atoms with Gasteiger partial charge in [0.25, 0.3) is 5.91 Å². The predicted octanol–water partition coefficient (Wildman–Crippen LogP) is 3.93. The van der Waals surface area contributed by atoms with Crippen LogP contribution in [-0.4, -0.2) is 91.0 Å². The molecule has 1 aromatic carbocycles. The summed E-state index contributed by atoms with van der Waals surface area (Å²) in [4.78, 5) is 45.3. The first kappa shape index (κ1) is 32.5. The standard InChI is InChI=1S/C27H26ClFN6O4.C2HF3O2/c1-4-19(37)33-8-9-34-16(12-33)13-39-25-21(27(34)38)26(35-11-15-10-32(3)31-23(15)14(35)2)30-24(22(25)28)20-17(29)6-5-7-18(20)36;3-2(4,5)1(6)7/h4-7,10,14,16,36H,1,8-9,11-13H2,2-3H3;(H,6,7)/t14-,16-;/m1./s1. The summed E-state index contributed by atoms with van der Waals surface area (Å²) < 4.78 is 54.7. The first-order chi connectivity index (χ1) is 21.6. The number of phenols is 1. The minimum Gasteiger partial charge on any atom is -0.507 e. The number of fused-ring (bicyclic) bond motifs is 3. The molecule has 2 aromatic heterocycles. The van der Waals surface area contributed by atoms with Gasteiger partial charge in [0.05, 0.1) is 23.3 Å². The molecule has 2 amide bonds. The molecule has 0 spiro atoms. The highest BCUT2D eigenvalue weighted by molar-refractivity contribution is 6.35. The minimum absolute atomic E-state index is 0.0329. The fraction of sp³-hybridized carbons (Fsp3) is 0.345. The number of amides is 2. The molecule has 0 saturated carbocycles. The van der Waals surface area contributed by atoms with Gasteiger partial charge in [0.1, 0.15) is 40.3 Å². The third-order valence-corrected chi connectivity index (χ3v) is 8.17. The third-order valence-electron chi connectivity index (χ3n) is 7.82. The van der Waals surface area contributed by atoms with E-state index < -0.39 is 24.0 Å². The summed E-state index contributed by atoms with van der Waals surface area (Å²) in [6.07, 6.45) is -1.93. The fourth-order valence-electron chi connectivity index (χ4n) is 5.65. The molecule has 5 heterocycles. The number of carboxylic acid groups (broad SMARTS) is 1. The van der Waals surface area contributed by atoms with Gasteiger partial charge in [0.2, 0.25) is 5.91 Å². The lowest BCUT2D eigenvalue weighted by Crippen LogP contribution is -2.57. The van der Waals surface area contributed by atoms with Gasteiger partial charge >= 0.3 is 12.1 Å². The second kappa shape index (κ2) is 12.2. The lowest BCUT2D eigenvalue weighted by atomic mass is 10.0. The Balaban J connectivity index is 0.000000537. The van der Waals surface area contributed by atoms with Gasteiger partial charge in [0.15, 0.2) is 5.75 Å². The van der Waals surface area contributed by atoms with Gasteiger partial charge in [-0.15, -0.1) is 0 Å². The topological polar surface area (TPSA) is 141 Å². The number of anilines is 1. The highest BCUT2D eigenvalue weighted by Crippen LogP contribution is 2.48. The number of alkyl halides is 3. The largest absolute Gasteiger partial charge is 0.507 e. The molecular formula is C29H27ClF4N6O6. The lowest BCUT2D eigenvalue weighted by Gasteiger charge is -2.39. The summed E-state index contributed by atoms with van der Waals surface area (Å²) >= 11 is 6.80. The molecule has 3 aliphatic heterocycles.